The van der Waals surface area contributed by atoms with E-state index in [1.54, 1.807) is 0 Å². The van der Waals surface area contributed by atoms with Gasteiger partial charge >= 0.3 is 0 Å². The van der Waals surface area contributed by atoms with Crippen LogP contribution >= 0.6 is 24.0 Å². The molecule has 0 aliphatic heterocycles. The van der Waals surface area contributed by atoms with Crippen molar-refractivity contribution in [1.82, 2.24) is 10.6 Å². The zero-order valence-corrected chi connectivity index (χ0v) is 15.1. The minimum Gasteiger partial charge on any atom is -0.395 e. The lowest BCUT2D eigenvalue weighted by Crippen LogP contribution is -2.38. The summed E-state index contributed by atoms with van der Waals surface area (Å²) < 4.78 is 0. The number of hydrogen-bond donors (Lipinski definition) is 3. The van der Waals surface area contributed by atoms with E-state index in [2.05, 4.69) is 29.5 Å². The van der Waals surface area contributed by atoms with Crippen molar-refractivity contribution in [3.8, 4) is 0 Å². The van der Waals surface area contributed by atoms with Crippen LogP contribution in [0.25, 0.3) is 0 Å². The van der Waals surface area contributed by atoms with Crippen molar-refractivity contribution in [1.29, 1.82) is 0 Å². The Morgan fingerprint density at radius 1 is 1.11 bits per heavy atom. The van der Waals surface area contributed by atoms with Gasteiger partial charge in [-0.2, -0.15) is 0 Å². The van der Waals surface area contributed by atoms with Crippen LogP contribution < -0.4 is 10.6 Å². The van der Waals surface area contributed by atoms with Gasteiger partial charge in [0, 0.05) is 19.6 Å². The molecule has 4 nitrogen and oxygen atoms in total. The molecule has 0 saturated carbocycles. The number of unbranched alkanes of at least 4 members (excludes halogenated alkanes) is 3. The number of aliphatic hydroxyl groups is 1. The highest BCUT2D eigenvalue weighted by Gasteiger charge is 1.96. The summed E-state index contributed by atoms with van der Waals surface area (Å²) in [6.07, 6.45) is 6.39. The van der Waals surface area contributed by atoms with Crippen LogP contribution in [0.4, 0.5) is 0 Å². The topological polar surface area (TPSA) is 56.7 Å². The first-order chi connectivity index (χ1) is 8.70. The molecule has 0 heterocycles. The monoisotopic (exact) mass is 385 g/mol. The number of hydrogen-bond acceptors (Lipinski definition) is 2. The number of halogens is 1. The first kappa shape index (κ1) is 21.3. The molecular weight excluding hydrogens is 353 g/mol. The van der Waals surface area contributed by atoms with Crippen LogP contribution in [0.3, 0.4) is 0 Å². The molecule has 0 aliphatic rings. The smallest absolute Gasteiger partial charge is 0.191 e. The van der Waals surface area contributed by atoms with Gasteiger partial charge in [0.05, 0.1) is 6.61 Å². The SMILES string of the molecule is CCNC(=NCCCCCCC(C)C)NCCO.I. The molecule has 0 aromatic rings. The Kier molecular flexibility index (Phi) is 17.9. The summed E-state index contributed by atoms with van der Waals surface area (Å²) in [4.78, 5) is 4.47. The number of aliphatic hydroxyl groups excluding tert-OH is 1. The van der Waals surface area contributed by atoms with E-state index >= 15 is 0 Å². The van der Waals surface area contributed by atoms with Gasteiger partial charge in [-0.1, -0.05) is 39.5 Å². The third-order valence-electron chi connectivity index (χ3n) is 2.71. The second-order valence-electron chi connectivity index (χ2n) is 5.01. The molecule has 116 valence electrons. The van der Waals surface area contributed by atoms with Crippen LogP contribution in [0, 0.1) is 5.92 Å². The number of guanidine groups is 1. The molecule has 0 aromatic carbocycles. The molecular formula is C14H32IN3O. The van der Waals surface area contributed by atoms with Gasteiger partial charge in [0.1, 0.15) is 0 Å². The highest BCUT2D eigenvalue weighted by atomic mass is 127. The van der Waals surface area contributed by atoms with Gasteiger partial charge in [-0.3, -0.25) is 4.99 Å². The molecule has 0 aromatic heterocycles. The second-order valence-corrected chi connectivity index (χ2v) is 5.01. The average molecular weight is 385 g/mol. The predicted octanol–water partition coefficient (Wildman–Crippen LogP) is 2.76. The van der Waals surface area contributed by atoms with Gasteiger partial charge < -0.3 is 15.7 Å². The zero-order chi connectivity index (χ0) is 13.6. The van der Waals surface area contributed by atoms with Crippen LogP contribution in [0.5, 0.6) is 0 Å². The predicted molar refractivity (Wildman–Crippen MR) is 94.4 cm³/mol. The van der Waals surface area contributed by atoms with Gasteiger partial charge in [0.2, 0.25) is 0 Å². The molecule has 5 heteroatoms. The van der Waals surface area contributed by atoms with E-state index in [0.29, 0.717) is 6.54 Å². The maximum atomic E-state index is 8.75. The number of nitrogens with zero attached hydrogens (tertiary/aromatic N) is 1. The quantitative estimate of drug-likeness (QED) is 0.235. The first-order valence-electron chi connectivity index (χ1n) is 7.33. The Hall–Kier alpha value is -0.0400. The van der Waals surface area contributed by atoms with Crippen LogP contribution in [0.15, 0.2) is 4.99 Å². The molecule has 0 unspecified atom stereocenters. The largest absolute Gasteiger partial charge is 0.395 e. The maximum Gasteiger partial charge on any atom is 0.191 e. The lowest BCUT2D eigenvalue weighted by molar-refractivity contribution is 0.300. The summed E-state index contributed by atoms with van der Waals surface area (Å²) in [6, 6.07) is 0. The van der Waals surface area contributed by atoms with Crippen molar-refractivity contribution in [2.75, 3.05) is 26.2 Å². The van der Waals surface area contributed by atoms with Gasteiger partial charge in [-0.25, -0.2) is 0 Å². The minimum absolute atomic E-state index is 0. The molecule has 0 rings (SSSR count). The van der Waals surface area contributed by atoms with E-state index < -0.39 is 0 Å². The van der Waals surface area contributed by atoms with Gasteiger partial charge in [-0.15, -0.1) is 24.0 Å². The van der Waals surface area contributed by atoms with E-state index in [4.69, 9.17) is 5.11 Å². The first-order valence-corrected chi connectivity index (χ1v) is 7.33. The molecule has 0 saturated heterocycles. The van der Waals surface area contributed by atoms with E-state index in [9.17, 15) is 0 Å². The highest BCUT2D eigenvalue weighted by Crippen LogP contribution is 2.09. The van der Waals surface area contributed by atoms with E-state index in [1.807, 2.05) is 6.92 Å². The number of rotatable bonds is 10. The average Bonchev–Trinajstić information content (AvgIpc) is 2.34. The molecule has 3 N–H and O–H groups in total. The van der Waals surface area contributed by atoms with Crippen molar-refractivity contribution in [2.24, 2.45) is 10.9 Å². The van der Waals surface area contributed by atoms with Gasteiger partial charge in [-0.05, 0) is 19.3 Å². The summed E-state index contributed by atoms with van der Waals surface area (Å²) in [5.41, 5.74) is 0. The van der Waals surface area contributed by atoms with Crippen molar-refractivity contribution < 1.29 is 5.11 Å². The van der Waals surface area contributed by atoms with Crippen molar-refractivity contribution in [3.05, 3.63) is 0 Å². The molecule has 0 amide bonds. The minimum atomic E-state index is 0. The molecule has 0 spiro atoms. The highest BCUT2D eigenvalue weighted by molar-refractivity contribution is 14.0. The molecule has 0 fully saturated rings. The Balaban J connectivity index is 0. The Morgan fingerprint density at radius 2 is 1.79 bits per heavy atom. The third-order valence-corrected chi connectivity index (χ3v) is 2.71. The molecule has 0 bridgehead atoms. The normalized spacial score (nSPS) is 11.3. The molecule has 0 aliphatic carbocycles. The molecule has 0 radical (unpaired) electrons. The molecule has 0 atom stereocenters. The standard InChI is InChI=1S/C14H31N3O.HI/c1-4-15-14(17-11-12-18)16-10-8-6-5-7-9-13(2)3;/h13,18H,4-12H2,1-3H3,(H2,15,16,17);1H. The van der Waals surface area contributed by atoms with Gasteiger partial charge in [0.25, 0.3) is 0 Å². The van der Waals surface area contributed by atoms with Crippen molar-refractivity contribution in [3.63, 3.8) is 0 Å². The van der Waals surface area contributed by atoms with E-state index in [0.717, 1.165) is 31.4 Å². The van der Waals surface area contributed by atoms with Crippen molar-refractivity contribution in [2.45, 2.75) is 52.9 Å². The fourth-order valence-corrected chi connectivity index (χ4v) is 1.72. The fraction of sp³-hybridized carbons (Fsp3) is 0.929. The lowest BCUT2D eigenvalue weighted by Gasteiger charge is -2.09. The second kappa shape index (κ2) is 16.0. The Labute approximate surface area is 135 Å². The lowest BCUT2D eigenvalue weighted by atomic mass is 10.0. The summed E-state index contributed by atoms with van der Waals surface area (Å²) in [7, 11) is 0. The molecule has 19 heavy (non-hydrogen) atoms. The maximum absolute atomic E-state index is 8.75. The zero-order valence-electron chi connectivity index (χ0n) is 12.7. The van der Waals surface area contributed by atoms with Crippen LogP contribution in [-0.2, 0) is 0 Å². The van der Waals surface area contributed by atoms with Crippen molar-refractivity contribution >= 4 is 29.9 Å². The van der Waals surface area contributed by atoms with E-state index in [1.165, 1.54) is 25.7 Å². The summed E-state index contributed by atoms with van der Waals surface area (Å²) in [5, 5.41) is 15.0. The van der Waals surface area contributed by atoms with Gasteiger partial charge in [0.15, 0.2) is 5.96 Å². The number of aliphatic imine (C=N–C) groups is 1. The fourth-order valence-electron chi connectivity index (χ4n) is 1.72. The Morgan fingerprint density at radius 3 is 2.37 bits per heavy atom. The van der Waals surface area contributed by atoms with Crippen LogP contribution in [0.1, 0.15) is 52.9 Å². The number of nitrogens with one attached hydrogen (secondary N) is 2. The van der Waals surface area contributed by atoms with Crippen LogP contribution in [0.2, 0.25) is 0 Å². The van der Waals surface area contributed by atoms with Crippen LogP contribution in [-0.4, -0.2) is 37.3 Å². The summed E-state index contributed by atoms with van der Waals surface area (Å²) in [6.45, 7) is 9.01. The van der Waals surface area contributed by atoms with E-state index in [-0.39, 0.29) is 30.6 Å². The third kappa shape index (κ3) is 15.9. The Bertz CT molecular complexity index is 211. The summed E-state index contributed by atoms with van der Waals surface area (Å²) >= 11 is 0. The summed E-state index contributed by atoms with van der Waals surface area (Å²) in [5.74, 6) is 1.64.